The first-order valence-corrected chi connectivity index (χ1v) is 8.57. The Balaban J connectivity index is 1.78. The quantitative estimate of drug-likeness (QED) is 0.854. The van der Waals surface area contributed by atoms with Crippen molar-refractivity contribution in [3.8, 4) is 0 Å². The van der Waals surface area contributed by atoms with Crippen LogP contribution in [-0.2, 0) is 11.8 Å². The van der Waals surface area contributed by atoms with E-state index in [-0.39, 0.29) is 11.3 Å². The van der Waals surface area contributed by atoms with Gasteiger partial charge in [-0.25, -0.2) is 0 Å². The van der Waals surface area contributed by atoms with Gasteiger partial charge >= 0.3 is 0 Å². The maximum Gasteiger partial charge on any atom is 0.224 e. The molecule has 1 fully saturated rings. The largest absolute Gasteiger partial charge is 0.348 e. The number of carbonyl (C=O) groups is 1. The van der Waals surface area contributed by atoms with Crippen molar-refractivity contribution in [3.05, 3.63) is 28.9 Å². The van der Waals surface area contributed by atoms with Crippen LogP contribution in [0.15, 0.2) is 18.3 Å². The van der Waals surface area contributed by atoms with Gasteiger partial charge in [-0.1, -0.05) is 37.5 Å². The van der Waals surface area contributed by atoms with E-state index in [9.17, 15) is 4.79 Å². The molecule has 1 amide bonds. The van der Waals surface area contributed by atoms with E-state index in [1.807, 2.05) is 42.1 Å². The first-order valence-electron chi connectivity index (χ1n) is 8.13. The van der Waals surface area contributed by atoms with Gasteiger partial charge in [-0.2, -0.15) is 0 Å². The smallest absolute Gasteiger partial charge is 0.224 e. The van der Waals surface area contributed by atoms with Crippen molar-refractivity contribution in [2.75, 3.05) is 5.32 Å². The molecule has 1 N–H and O–H groups in total. The second-order valence-electron chi connectivity index (χ2n) is 6.37. The normalized spacial score (nSPS) is 21.5. The maximum absolute atomic E-state index is 12.4. The summed E-state index contributed by atoms with van der Waals surface area (Å²) in [5.41, 5.74) is 0.865. The maximum atomic E-state index is 12.4. The minimum Gasteiger partial charge on any atom is -0.348 e. The van der Waals surface area contributed by atoms with Gasteiger partial charge in [-0.05, 0) is 24.8 Å². The van der Waals surface area contributed by atoms with Gasteiger partial charge in [0.1, 0.15) is 0 Å². The molecule has 3 rings (SSSR count). The van der Waals surface area contributed by atoms with E-state index in [4.69, 9.17) is 11.6 Å². The fourth-order valence-corrected chi connectivity index (χ4v) is 3.68. The number of hydrogen-bond donors (Lipinski definition) is 1. The summed E-state index contributed by atoms with van der Waals surface area (Å²) in [6.07, 6.45) is 16.8. The van der Waals surface area contributed by atoms with E-state index >= 15 is 0 Å². The van der Waals surface area contributed by atoms with Crippen molar-refractivity contribution >= 4 is 35.3 Å². The lowest BCUT2D eigenvalue weighted by molar-refractivity contribution is -0.117. The van der Waals surface area contributed by atoms with Gasteiger partial charge in [-0.3, -0.25) is 4.79 Å². The summed E-state index contributed by atoms with van der Waals surface area (Å²) >= 11 is 6.24. The third-order valence-electron chi connectivity index (χ3n) is 4.62. The predicted octanol–water partition coefficient (Wildman–Crippen LogP) is 2.67. The number of aromatic nitrogens is 1. The minimum atomic E-state index is -0.145. The molecule has 0 aromatic carbocycles. The Hall–Kier alpha value is -1.48. The summed E-state index contributed by atoms with van der Waals surface area (Å²) in [5, 5.41) is 5.04. The van der Waals surface area contributed by atoms with E-state index in [0.29, 0.717) is 12.3 Å². The van der Waals surface area contributed by atoms with Crippen molar-refractivity contribution in [2.45, 2.75) is 43.9 Å². The Morgan fingerprint density at radius 3 is 2.91 bits per heavy atom. The molecule has 118 valence electrons. The molecule has 1 saturated carbocycles. The summed E-state index contributed by atoms with van der Waals surface area (Å²) < 4.78 is 2.03. The average molecular weight is 319 g/mol. The Morgan fingerprint density at radius 1 is 1.36 bits per heavy atom. The Bertz CT molecular complexity index is 695. The SMILES string of the molecule is Cn1cc(NC(=O)CC2CCCCC2)c2c1=CC=CC(Cl)C=2. The fraction of sp³-hybridized carbons (Fsp3) is 0.500. The van der Waals surface area contributed by atoms with Crippen LogP contribution in [0.4, 0.5) is 5.69 Å². The Labute approximate surface area is 136 Å². The van der Waals surface area contributed by atoms with Crippen molar-refractivity contribution in [1.29, 1.82) is 0 Å². The minimum absolute atomic E-state index is 0.122. The van der Waals surface area contributed by atoms with Crippen LogP contribution in [0.25, 0.3) is 12.2 Å². The number of hydrogen-bond acceptors (Lipinski definition) is 1. The molecule has 0 spiro atoms. The van der Waals surface area contributed by atoms with Gasteiger partial charge in [0.25, 0.3) is 0 Å². The highest BCUT2D eigenvalue weighted by Crippen LogP contribution is 2.26. The summed E-state index contributed by atoms with van der Waals surface area (Å²) in [7, 11) is 1.99. The lowest BCUT2D eigenvalue weighted by Gasteiger charge is -2.20. The zero-order valence-electron chi connectivity index (χ0n) is 13.0. The molecule has 1 atom stereocenters. The van der Waals surface area contributed by atoms with Crippen LogP contribution >= 0.6 is 11.6 Å². The molecule has 1 unspecified atom stereocenters. The van der Waals surface area contributed by atoms with Crippen LogP contribution in [-0.4, -0.2) is 15.9 Å². The van der Waals surface area contributed by atoms with Crippen molar-refractivity contribution in [1.82, 2.24) is 4.57 Å². The second kappa shape index (κ2) is 6.74. The number of rotatable bonds is 3. The van der Waals surface area contributed by atoms with Crippen LogP contribution in [0.5, 0.6) is 0 Å². The van der Waals surface area contributed by atoms with Gasteiger partial charge in [0.15, 0.2) is 0 Å². The molecule has 0 bridgehead atoms. The summed E-state index contributed by atoms with van der Waals surface area (Å²) in [6.45, 7) is 0. The molecular weight excluding hydrogens is 296 g/mol. The van der Waals surface area contributed by atoms with Gasteiger partial charge in [0, 0.05) is 30.2 Å². The molecule has 0 saturated heterocycles. The van der Waals surface area contributed by atoms with Crippen LogP contribution in [0.2, 0.25) is 0 Å². The number of fused-ring (bicyclic) bond motifs is 1. The molecular formula is C18H23ClN2O. The lowest BCUT2D eigenvalue weighted by Crippen LogP contribution is -2.30. The molecule has 0 aliphatic heterocycles. The number of carbonyl (C=O) groups excluding carboxylic acids is 1. The molecule has 22 heavy (non-hydrogen) atoms. The lowest BCUT2D eigenvalue weighted by atomic mass is 9.87. The first-order chi connectivity index (χ1) is 10.6. The molecule has 1 aromatic heterocycles. The number of nitrogens with one attached hydrogen (secondary N) is 1. The number of allylic oxidation sites excluding steroid dienone is 2. The summed E-state index contributed by atoms with van der Waals surface area (Å²) in [6, 6.07) is 0. The van der Waals surface area contributed by atoms with E-state index in [1.165, 1.54) is 32.1 Å². The second-order valence-corrected chi connectivity index (χ2v) is 6.88. The fourth-order valence-electron chi connectivity index (χ4n) is 3.47. The molecule has 3 nitrogen and oxygen atoms in total. The van der Waals surface area contributed by atoms with Gasteiger partial charge < -0.3 is 9.88 Å². The van der Waals surface area contributed by atoms with E-state index in [2.05, 4.69) is 5.32 Å². The number of halogens is 1. The molecule has 0 radical (unpaired) electrons. The molecule has 4 heteroatoms. The Kier molecular flexibility index (Phi) is 4.72. The van der Waals surface area contributed by atoms with E-state index < -0.39 is 0 Å². The number of nitrogens with zero attached hydrogens (tertiary/aromatic N) is 1. The number of aryl methyl sites for hydroxylation is 1. The third kappa shape index (κ3) is 3.46. The van der Waals surface area contributed by atoms with Crippen molar-refractivity contribution in [3.63, 3.8) is 0 Å². The molecule has 2 aliphatic carbocycles. The Morgan fingerprint density at radius 2 is 2.14 bits per heavy atom. The molecule has 2 aliphatic rings. The standard InChI is InChI=1S/C18H23ClN2O/c1-21-12-16(15-11-14(19)8-5-9-17(15)21)20-18(22)10-13-6-3-2-4-7-13/h5,8-9,11-14H,2-4,6-7,10H2,1H3,(H,20,22). The van der Waals surface area contributed by atoms with Crippen molar-refractivity contribution < 1.29 is 4.79 Å². The molecule has 1 aromatic rings. The number of alkyl halides is 1. The average Bonchev–Trinajstić information content (AvgIpc) is 2.67. The highest BCUT2D eigenvalue weighted by molar-refractivity contribution is 6.25. The summed E-state index contributed by atoms with van der Waals surface area (Å²) in [4.78, 5) is 12.4. The van der Waals surface area contributed by atoms with Crippen LogP contribution in [0.3, 0.4) is 0 Å². The predicted molar refractivity (Wildman–Crippen MR) is 92.2 cm³/mol. The number of amides is 1. The van der Waals surface area contributed by atoms with E-state index in [1.54, 1.807) is 0 Å². The van der Waals surface area contributed by atoms with Crippen molar-refractivity contribution in [2.24, 2.45) is 13.0 Å². The zero-order chi connectivity index (χ0) is 15.5. The highest BCUT2D eigenvalue weighted by Gasteiger charge is 2.18. The van der Waals surface area contributed by atoms with E-state index in [0.717, 1.165) is 16.3 Å². The van der Waals surface area contributed by atoms with Gasteiger partial charge in [-0.15, -0.1) is 11.6 Å². The van der Waals surface area contributed by atoms with Crippen LogP contribution in [0, 0.1) is 5.92 Å². The highest BCUT2D eigenvalue weighted by atomic mass is 35.5. The topological polar surface area (TPSA) is 34.0 Å². The summed E-state index contributed by atoms with van der Waals surface area (Å²) in [5.74, 6) is 0.672. The monoisotopic (exact) mass is 318 g/mol. The van der Waals surface area contributed by atoms with Gasteiger partial charge in [0.2, 0.25) is 5.91 Å². The van der Waals surface area contributed by atoms with Crippen LogP contribution < -0.4 is 15.9 Å². The van der Waals surface area contributed by atoms with Crippen LogP contribution in [0.1, 0.15) is 38.5 Å². The zero-order valence-corrected chi connectivity index (χ0v) is 13.8. The third-order valence-corrected chi connectivity index (χ3v) is 4.89. The molecule has 1 heterocycles. The first kappa shape index (κ1) is 15.4. The van der Waals surface area contributed by atoms with Gasteiger partial charge in [0.05, 0.1) is 11.1 Å². The number of anilines is 1.